The number of carbonyl (C=O) groups excluding carboxylic acids is 5. The number of rotatable bonds is 12. The monoisotopic (exact) mass is 569 g/mol. The van der Waals surface area contributed by atoms with Crippen LogP contribution in [-0.2, 0) is 36.8 Å². The number of nitrogens with two attached hydrogens (primary N) is 1. The Hall–Kier alpha value is -4.61. The zero-order chi connectivity index (χ0) is 30.8. The van der Waals surface area contributed by atoms with E-state index in [1.165, 1.54) is 26.0 Å². The predicted molar refractivity (Wildman–Crippen MR) is 151 cm³/mol. The molecule has 2 aromatic rings. The van der Waals surface area contributed by atoms with Gasteiger partial charge in [-0.15, -0.1) is 0 Å². The minimum absolute atomic E-state index is 0.0420. The second-order valence-electron chi connectivity index (χ2n) is 10.9. The Balaban J connectivity index is 1.99. The first-order valence-electron chi connectivity index (χ1n) is 13.1. The van der Waals surface area contributed by atoms with Crippen LogP contribution in [-0.4, -0.2) is 64.6 Å². The van der Waals surface area contributed by atoms with Crippen LogP contribution < -0.4 is 27.0 Å². The van der Waals surface area contributed by atoms with E-state index in [1.54, 1.807) is 57.2 Å². The quantitative estimate of drug-likeness (QED) is 0.220. The van der Waals surface area contributed by atoms with Crippen LogP contribution in [0, 0.1) is 0 Å². The van der Waals surface area contributed by atoms with E-state index in [9.17, 15) is 29.1 Å². The second-order valence-corrected chi connectivity index (χ2v) is 10.9. The summed E-state index contributed by atoms with van der Waals surface area (Å²) in [5.74, 6) is -2.68. The zero-order valence-electron chi connectivity index (χ0n) is 23.9. The molecule has 7 N–H and O–H groups in total. The number of hydrogen-bond donors (Lipinski definition) is 6. The Bertz CT molecular complexity index is 1230. The maximum atomic E-state index is 13.1. The van der Waals surface area contributed by atoms with Gasteiger partial charge in [-0.1, -0.05) is 42.5 Å². The van der Waals surface area contributed by atoms with Crippen LogP contribution in [0.3, 0.4) is 0 Å². The van der Waals surface area contributed by atoms with E-state index < -0.39 is 59.5 Å². The van der Waals surface area contributed by atoms with Gasteiger partial charge in [0.2, 0.25) is 23.6 Å². The Labute approximate surface area is 239 Å². The van der Waals surface area contributed by atoms with Gasteiger partial charge in [0.1, 0.15) is 29.0 Å². The van der Waals surface area contributed by atoms with Gasteiger partial charge in [-0.3, -0.25) is 19.2 Å². The standard InChI is InChI=1S/C29H39N5O7/c1-18(24(37)31-17-23(36)34-29(5,26(30)39)16-20-9-7-6-8-10-20)32-25(38)22(33-27(40)41-28(2,3)4)15-19-11-13-21(35)14-12-19/h6-14,18,22,35H,15-17H2,1-5H3,(H2,30,39)(H,31,37)(H,32,38)(H,33,40)(H,34,36)/t18-,22+,29+/m1/s1. The Morgan fingerprint density at radius 2 is 1.49 bits per heavy atom. The fourth-order valence-corrected chi connectivity index (χ4v) is 3.78. The highest BCUT2D eigenvalue weighted by atomic mass is 16.6. The largest absolute Gasteiger partial charge is 0.508 e. The van der Waals surface area contributed by atoms with Crippen LogP contribution in [0.2, 0.25) is 0 Å². The number of phenolic OH excluding ortho intramolecular Hbond substituents is 1. The number of amides is 5. The smallest absolute Gasteiger partial charge is 0.408 e. The molecule has 222 valence electrons. The fraction of sp³-hybridized carbons (Fsp3) is 0.414. The van der Waals surface area contributed by atoms with Crippen LogP contribution in [0.4, 0.5) is 4.79 Å². The van der Waals surface area contributed by atoms with Gasteiger partial charge in [-0.05, 0) is 57.9 Å². The first-order chi connectivity index (χ1) is 19.1. The van der Waals surface area contributed by atoms with Crippen molar-refractivity contribution in [2.24, 2.45) is 5.73 Å². The van der Waals surface area contributed by atoms with Crippen LogP contribution in [0.5, 0.6) is 5.75 Å². The molecule has 0 fully saturated rings. The van der Waals surface area contributed by atoms with E-state index in [4.69, 9.17) is 10.5 Å². The minimum atomic E-state index is -1.39. The lowest BCUT2D eigenvalue weighted by Crippen LogP contribution is -2.59. The van der Waals surface area contributed by atoms with Gasteiger partial charge in [0.25, 0.3) is 0 Å². The van der Waals surface area contributed by atoms with E-state index in [0.717, 1.165) is 5.56 Å². The third-order valence-electron chi connectivity index (χ3n) is 5.92. The average Bonchev–Trinajstić information content (AvgIpc) is 2.87. The third kappa shape index (κ3) is 11.2. The number of carbonyl (C=O) groups is 5. The van der Waals surface area contributed by atoms with Crippen molar-refractivity contribution >= 4 is 29.7 Å². The van der Waals surface area contributed by atoms with Gasteiger partial charge in [0, 0.05) is 12.8 Å². The molecule has 0 aromatic heterocycles. The lowest BCUT2D eigenvalue weighted by molar-refractivity contribution is -0.132. The molecule has 0 heterocycles. The molecule has 5 amide bonds. The molecule has 3 atom stereocenters. The highest BCUT2D eigenvalue weighted by molar-refractivity contribution is 5.94. The number of phenols is 1. The highest BCUT2D eigenvalue weighted by Crippen LogP contribution is 2.14. The molecule has 0 aliphatic carbocycles. The van der Waals surface area contributed by atoms with Crippen LogP contribution in [0.1, 0.15) is 45.7 Å². The molecule has 0 bridgehead atoms. The van der Waals surface area contributed by atoms with Crippen LogP contribution in [0.25, 0.3) is 0 Å². The number of primary amides is 1. The minimum Gasteiger partial charge on any atom is -0.508 e. The van der Waals surface area contributed by atoms with Crippen LogP contribution >= 0.6 is 0 Å². The molecule has 12 heteroatoms. The van der Waals surface area contributed by atoms with Crippen molar-refractivity contribution in [3.63, 3.8) is 0 Å². The predicted octanol–water partition coefficient (Wildman–Crippen LogP) is 1.05. The molecule has 0 radical (unpaired) electrons. The lowest BCUT2D eigenvalue weighted by Gasteiger charge is -2.28. The molecule has 0 spiro atoms. The number of benzene rings is 2. The lowest BCUT2D eigenvalue weighted by atomic mass is 9.92. The van der Waals surface area contributed by atoms with Crippen LogP contribution in [0.15, 0.2) is 54.6 Å². The maximum Gasteiger partial charge on any atom is 0.408 e. The summed E-state index contributed by atoms with van der Waals surface area (Å²) in [4.78, 5) is 62.8. The van der Waals surface area contributed by atoms with E-state index in [2.05, 4.69) is 21.3 Å². The zero-order valence-corrected chi connectivity index (χ0v) is 23.9. The summed E-state index contributed by atoms with van der Waals surface area (Å²) < 4.78 is 5.26. The summed E-state index contributed by atoms with van der Waals surface area (Å²) in [6, 6.07) is 12.9. The van der Waals surface area contributed by atoms with Gasteiger partial charge in [0.15, 0.2) is 0 Å². The summed E-state index contributed by atoms with van der Waals surface area (Å²) >= 11 is 0. The van der Waals surface area contributed by atoms with Crippen molar-refractivity contribution < 1.29 is 33.8 Å². The molecule has 2 rings (SSSR count). The third-order valence-corrected chi connectivity index (χ3v) is 5.92. The molecule has 0 aliphatic rings. The van der Waals surface area contributed by atoms with Crippen molar-refractivity contribution in [3.05, 3.63) is 65.7 Å². The first kappa shape index (κ1) is 32.6. The van der Waals surface area contributed by atoms with Gasteiger partial charge in [-0.25, -0.2) is 4.79 Å². The van der Waals surface area contributed by atoms with Gasteiger partial charge in [0.05, 0.1) is 6.54 Å². The van der Waals surface area contributed by atoms with Crippen molar-refractivity contribution in [1.82, 2.24) is 21.3 Å². The van der Waals surface area contributed by atoms with E-state index in [0.29, 0.717) is 5.56 Å². The van der Waals surface area contributed by atoms with E-state index >= 15 is 0 Å². The number of aromatic hydroxyl groups is 1. The topological polar surface area (TPSA) is 189 Å². The Morgan fingerprint density at radius 3 is 2.05 bits per heavy atom. The molecule has 0 saturated heterocycles. The highest BCUT2D eigenvalue weighted by Gasteiger charge is 2.33. The van der Waals surface area contributed by atoms with E-state index in [-0.39, 0.29) is 18.6 Å². The number of hydrogen-bond acceptors (Lipinski definition) is 7. The molecular formula is C29H39N5O7. The number of nitrogens with one attached hydrogen (secondary N) is 4. The van der Waals surface area contributed by atoms with Gasteiger partial charge >= 0.3 is 6.09 Å². The average molecular weight is 570 g/mol. The Morgan fingerprint density at radius 1 is 0.878 bits per heavy atom. The maximum absolute atomic E-state index is 13.1. The van der Waals surface area contributed by atoms with Gasteiger partial charge < -0.3 is 36.8 Å². The summed E-state index contributed by atoms with van der Waals surface area (Å²) in [5.41, 5.74) is 4.78. The molecule has 0 aliphatic heterocycles. The summed E-state index contributed by atoms with van der Waals surface area (Å²) in [6.07, 6.45) is -0.615. The normalized spacial score (nSPS) is 14.0. The SMILES string of the molecule is C[C@@H](NC(=O)[C@H](Cc1ccc(O)cc1)NC(=O)OC(C)(C)C)C(=O)NCC(=O)N[C@@](C)(Cc1ccccc1)C(N)=O. The molecular weight excluding hydrogens is 530 g/mol. The molecule has 41 heavy (non-hydrogen) atoms. The molecule has 2 aromatic carbocycles. The number of ether oxygens (including phenoxy) is 1. The summed E-state index contributed by atoms with van der Waals surface area (Å²) in [6.45, 7) is 7.48. The van der Waals surface area contributed by atoms with E-state index in [1.807, 2.05) is 6.07 Å². The second kappa shape index (κ2) is 14.1. The molecule has 0 unspecified atom stereocenters. The summed E-state index contributed by atoms with van der Waals surface area (Å²) in [7, 11) is 0. The van der Waals surface area contributed by atoms with Crippen molar-refractivity contribution in [2.45, 2.75) is 70.7 Å². The van der Waals surface area contributed by atoms with Crippen molar-refractivity contribution in [1.29, 1.82) is 0 Å². The van der Waals surface area contributed by atoms with Crippen molar-refractivity contribution in [2.75, 3.05) is 6.54 Å². The number of alkyl carbamates (subject to hydrolysis) is 1. The first-order valence-corrected chi connectivity index (χ1v) is 13.1. The fourth-order valence-electron chi connectivity index (χ4n) is 3.78. The Kier molecular flexibility index (Phi) is 11.3. The van der Waals surface area contributed by atoms with Gasteiger partial charge in [-0.2, -0.15) is 0 Å². The summed E-state index contributed by atoms with van der Waals surface area (Å²) in [5, 5.41) is 19.6. The molecule has 0 saturated carbocycles. The van der Waals surface area contributed by atoms with Crippen molar-refractivity contribution in [3.8, 4) is 5.75 Å². The molecule has 12 nitrogen and oxygen atoms in total.